The monoisotopic (exact) mass is 473 g/mol. The van der Waals surface area contributed by atoms with Crippen molar-refractivity contribution in [1.29, 1.82) is 0 Å². The molecule has 0 atom stereocenters. The molecule has 1 saturated carbocycles. The van der Waals surface area contributed by atoms with E-state index in [1.54, 1.807) is 11.0 Å². The Morgan fingerprint density at radius 2 is 2.06 bits per heavy atom. The van der Waals surface area contributed by atoms with Gasteiger partial charge in [0.25, 0.3) is 5.91 Å². The van der Waals surface area contributed by atoms with Gasteiger partial charge < -0.3 is 15.1 Å². The highest BCUT2D eigenvalue weighted by Crippen LogP contribution is 2.32. The van der Waals surface area contributed by atoms with Crippen LogP contribution in [0.25, 0.3) is 0 Å². The Hall–Kier alpha value is -0.0900. The average Bonchev–Trinajstić information content (AvgIpc) is 3.14. The molecular weight excluding hydrogens is 460 g/mol. The molecule has 98 valence electrons. The van der Waals surface area contributed by atoms with Crippen molar-refractivity contribution in [2.75, 3.05) is 13.2 Å². The molecule has 0 saturated heterocycles. The number of aliphatic hydroxyl groups is 1. The lowest BCUT2D eigenvalue weighted by Gasteiger charge is -2.22. The van der Waals surface area contributed by atoms with Crippen molar-refractivity contribution in [3.8, 4) is 5.75 Å². The molecule has 18 heavy (non-hydrogen) atoms. The van der Waals surface area contributed by atoms with Crippen molar-refractivity contribution >= 4 is 51.1 Å². The summed E-state index contributed by atoms with van der Waals surface area (Å²) in [5.41, 5.74) is 0.326. The quantitative estimate of drug-likeness (QED) is 0.660. The van der Waals surface area contributed by atoms with Gasteiger partial charge in [-0.25, -0.2) is 0 Å². The Bertz CT molecular complexity index is 475. The molecule has 2 N–H and O–H groups in total. The van der Waals surface area contributed by atoms with E-state index in [2.05, 4.69) is 22.6 Å². The second-order valence-corrected chi connectivity index (χ2v) is 6.64. The first-order chi connectivity index (χ1) is 8.54. The molecule has 2 rings (SSSR count). The molecule has 0 radical (unpaired) electrons. The zero-order valence-electron chi connectivity index (χ0n) is 9.57. The summed E-state index contributed by atoms with van der Waals surface area (Å²) in [6.07, 6.45) is 1.96. The van der Waals surface area contributed by atoms with Gasteiger partial charge in [0, 0.05) is 16.2 Å². The first-order valence-electron chi connectivity index (χ1n) is 5.64. The maximum Gasteiger partial charge on any atom is 0.258 e. The van der Waals surface area contributed by atoms with Gasteiger partial charge in [-0.15, -0.1) is 0 Å². The fourth-order valence-corrected chi connectivity index (χ4v) is 3.67. The number of hydrogen-bond donors (Lipinski definition) is 2. The summed E-state index contributed by atoms with van der Waals surface area (Å²) >= 11 is 4.13. The number of carbonyl (C=O) groups excluding carboxylic acids is 1. The first kappa shape index (κ1) is 14.3. The minimum atomic E-state index is -0.194. The summed E-state index contributed by atoms with van der Waals surface area (Å²) in [7, 11) is 0. The third kappa shape index (κ3) is 3.08. The summed E-state index contributed by atoms with van der Waals surface area (Å²) < 4.78 is 1.58. The van der Waals surface area contributed by atoms with Crippen molar-refractivity contribution in [2.45, 2.75) is 18.9 Å². The number of halogens is 2. The number of aliphatic hydroxyl groups excluding tert-OH is 1. The van der Waals surface area contributed by atoms with E-state index < -0.39 is 0 Å². The van der Waals surface area contributed by atoms with E-state index in [1.165, 1.54) is 0 Å². The zero-order valence-corrected chi connectivity index (χ0v) is 13.9. The molecule has 1 aromatic carbocycles. The van der Waals surface area contributed by atoms with Crippen LogP contribution in [0, 0.1) is 7.14 Å². The summed E-state index contributed by atoms with van der Waals surface area (Å²) in [5, 5.41) is 19.0. The number of phenols is 1. The Kier molecular flexibility index (Phi) is 4.70. The molecule has 6 heteroatoms. The van der Waals surface area contributed by atoms with Crippen molar-refractivity contribution in [3.63, 3.8) is 0 Å². The van der Waals surface area contributed by atoms with Crippen molar-refractivity contribution in [2.24, 2.45) is 0 Å². The topological polar surface area (TPSA) is 60.8 Å². The van der Waals surface area contributed by atoms with Crippen LogP contribution in [0.4, 0.5) is 0 Å². The van der Waals surface area contributed by atoms with Gasteiger partial charge in [-0.3, -0.25) is 4.79 Å². The SMILES string of the molecule is O=C(c1cc(I)cc(I)c1O)N(CCO)C1CC1. The van der Waals surface area contributed by atoms with Gasteiger partial charge >= 0.3 is 0 Å². The van der Waals surface area contributed by atoms with Crippen LogP contribution in [0.5, 0.6) is 5.75 Å². The predicted octanol–water partition coefficient (Wildman–Crippen LogP) is 2.20. The maximum atomic E-state index is 12.4. The highest BCUT2D eigenvalue weighted by molar-refractivity contribution is 14.1. The van der Waals surface area contributed by atoms with E-state index in [4.69, 9.17) is 5.11 Å². The highest BCUT2D eigenvalue weighted by Gasteiger charge is 2.33. The van der Waals surface area contributed by atoms with Crippen LogP contribution in [0.15, 0.2) is 12.1 Å². The third-order valence-corrected chi connectivity index (χ3v) is 4.29. The van der Waals surface area contributed by atoms with E-state index in [0.29, 0.717) is 15.7 Å². The van der Waals surface area contributed by atoms with E-state index in [1.807, 2.05) is 28.7 Å². The molecule has 0 aromatic heterocycles. The van der Waals surface area contributed by atoms with Gasteiger partial charge in [0.05, 0.1) is 15.7 Å². The standard InChI is InChI=1S/C12H13I2NO3/c13-7-5-9(11(17)10(14)6-7)12(18)15(3-4-16)8-1-2-8/h5-6,8,16-17H,1-4H2. The second kappa shape index (κ2) is 5.91. The van der Waals surface area contributed by atoms with Crippen molar-refractivity contribution in [1.82, 2.24) is 4.90 Å². The van der Waals surface area contributed by atoms with Gasteiger partial charge in [0.15, 0.2) is 0 Å². The molecule has 0 spiro atoms. The van der Waals surface area contributed by atoms with Gasteiger partial charge in [-0.05, 0) is 70.2 Å². The number of aromatic hydroxyl groups is 1. The summed E-state index contributed by atoms with van der Waals surface area (Å²) in [6.45, 7) is 0.273. The number of benzene rings is 1. The predicted molar refractivity (Wildman–Crippen MR) is 84.7 cm³/mol. The van der Waals surface area contributed by atoms with E-state index in [0.717, 1.165) is 16.4 Å². The van der Waals surface area contributed by atoms with Crippen LogP contribution in [-0.4, -0.2) is 40.2 Å². The molecule has 4 nitrogen and oxygen atoms in total. The normalized spacial score (nSPS) is 14.6. The van der Waals surface area contributed by atoms with Crippen LogP contribution in [0.1, 0.15) is 23.2 Å². The average molecular weight is 473 g/mol. The smallest absolute Gasteiger partial charge is 0.258 e. The fourth-order valence-electron chi connectivity index (χ4n) is 1.83. The number of amides is 1. The Morgan fingerprint density at radius 1 is 1.39 bits per heavy atom. The van der Waals surface area contributed by atoms with Gasteiger partial charge in [-0.2, -0.15) is 0 Å². The van der Waals surface area contributed by atoms with Crippen LogP contribution in [0.2, 0.25) is 0 Å². The lowest BCUT2D eigenvalue weighted by molar-refractivity contribution is 0.0704. The van der Waals surface area contributed by atoms with Gasteiger partial charge in [0.2, 0.25) is 0 Å². The van der Waals surface area contributed by atoms with E-state index in [9.17, 15) is 9.90 Å². The first-order valence-corrected chi connectivity index (χ1v) is 7.80. The molecule has 1 aromatic rings. The fraction of sp³-hybridized carbons (Fsp3) is 0.417. The summed E-state index contributed by atoms with van der Waals surface area (Å²) in [6, 6.07) is 3.73. The molecule has 0 aliphatic heterocycles. The van der Waals surface area contributed by atoms with Crippen molar-refractivity contribution < 1.29 is 15.0 Å². The highest BCUT2D eigenvalue weighted by atomic mass is 127. The Labute approximate surface area is 133 Å². The Morgan fingerprint density at radius 3 is 2.61 bits per heavy atom. The minimum absolute atomic E-state index is 0.0320. The molecule has 0 heterocycles. The summed E-state index contributed by atoms with van der Waals surface area (Å²) in [4.78, 5) is 14.0. The largest absolute Gasteiger partial charge is 0.506 e. The van der Waals surface area contributed by atoms with Gasteiger partial charge in [0.1, 0.15) is 5.75 Å². The van der Waals surface area contributed by atoms with Crippen LogP contribution in [0.3, 0.4) is 0 Å². The molecule has 1 amide bonds. The minimum Gasteiger partial charge on any atom is -0.506 e. The Balaban J connectivity index is 2.31. The summed E-state index contributed by atoms with van der Waals surface area (Å²) in [5.74, 6) is -0.162. The molecule has 0 bridgehead atoms. The molecular formula is C12H13I2NO3. The lowest BCUT2D eigenvalue weighted by atomic mass is 10.1. The van der Waals surface area contributed by atoms with E-state index >= 15 is 0 Å². The molecule has 0 unspecified atom stereocenters. The molecule has 1 aliphatic rings. The van der Waals surface area contributed by atoms with Gasteiger partial charge in [-0.1, -0.05) is 0 Å². The van der Waals surface area contributed by atoms with Crippen LogP contribution in [-0.2, 0) is 0 Å². The number of rotatable bonds is 4. The zero-order chi connectivity index (χ0) is 13.3. The second-order valence-electron chi connectivity index (χ2n) is 4.24. The lowest BCUT2D eigenvalue weighted by Crippen LogP contribution is -2.35. The number of phenolic OH excluding ortho intramolecular Hbond substituents is 1. The van der Waals surface area contributed by atoms with Crippen LogP contribution < -0.4 is 0 Å². The number of carbonyl (C=O) groups is 1. The number of nitrogens with zero attached hydrogens (tertiary/aromatic N) is 1. The number of hydrogen-bond acceptors (Lipinski definition) is 3. The van der Waals surface area contributed by atoms with Crippen molar-refractivity contribution in [3.05, 3.63) is 24.8 Å². The van der Waals surface area contributed by atoms with Crippen LogP contribution >= 0.6 is 45.2 Å². The molecule has 1 fully saturated rings. The van der Waals surface area contributed by atoms with E-state index in [-0.39, 0.29) is 24.3 Å². The third-order valence-electron chi connectivity index (χ3n) is 2.85. The maximum absolute atomic E-state index is 12.4. The molecule has 1 aliphatic carbocycles.